The van der Waals surface area contributed by atoms with Gasteiger partial charge in [0.05, 0.1) is 18.1 Å². The van der Waals surface area contributed by atoms with Crippen LogP contribution in [0.5, 0.6) is 0 Å². The molecule has 1 saturated carbocycles. The number of Topliss-reactive ketones (excluding diaryl/α,β-unsaturated/α-hetero) is 1. The Kier molecular flexibility index (Phi) is 7.14. The van der Waals surface area contributed by atoms with Gasteiger partial charge in [0.25, 0.3) is 0 Å². The third-order valence-electron chi connectivity index (χ3n) is 5.14. The fourth-order valence-electron chi connectivity index (χ4n) is 3.91. The minimum atomic E-state index is -1.53. The molecule has 0 bridgehead atoms. The van der Waals surface area contributed by atoms with E-state index in [9.17, 15) is 19.5 Å². The van der Waals surface area contributed by atoms with Gasteiger partial charge in [-0.25, -0.2) is 4.79 Å². The summed E-state index contributed by atoms with van der Waals surface area (Å²) in [6.45, 7) is 9.82. The van der Waals surface area contributed by atoms with Gasteiger partial charge in [-0.2, -0.15) is 0 Å². The van der Waals surface area contributed by atoms with Crippen LogP contribution in [0.25, 0.3) is 0 Å². The van der Waals surface area contributed by atoms with Crippen molar-refractivity contribution < 1.29 is 29.0 Å². The highest BCUT2D eigenvalue weighted by Gasteiger charge is 2.59. The molecular weight excluding hydrogens is 372 g/mol. The van der Waals surface area contributed by atoms with Crippen molar-refractivity contribution in [1.29, 1.82) is 0 Å². The van der Waals surface area contributed by atoms with Gasteiger partial charge in [0, 0.05) is 13.3 Å². The highest BCUT2D eigenvalue weighted by atomic mass is 16.6. The third-order valence-corrected chi connectivity index (χ3v) is 5.14. The molecule has 4 atom stereocenters. The monoisotopic (exact) mass is 400 g/mol. The zero-order valence-corrected chi connectivity index (χ0v) is 17.3. The van der Waals surface area contributed by atoms with Crippen molar-refractivity contribution in [3.05, 3.63) is 59.7 Å². The quantitative estimate of drug-likeness (QED) is 0.429. The Bertz CT molecular complexity index is 825. The summed E-state index contributed by atoms with van der Waals surface area (Å²) in [5.41, 5.74) is -0.322. The Morgan fingerprint density at radius 2 is 1.83 bits per heavy atom. The molecule has 6 heteroatoms. The van der Waals surface area contributed by atoms with Gasteiger partial charge in [0.1, 0.15) is 6.10 Å². The lowest BCUT2D eigenvalue weighted by Crippen LogP contribution is -2.48. The van der Waals surface area contributed by atoms with Crippen LogP contribution in [-0.4, -0.2) is 41.1 Å². The van der Waals surface area contributed by atoms with Crippen molar-refractivity contribution in [2.75, 3.05) is 6.61 Å². The van der Waals surface area contributed by atoms with Gasteiger partial charge < -0.3 is 14.6 Å². The number of esters is 2. The van der Waals surface area contributed by atoms with Gasteiger partial charge in [0.2, 0.25) is 5.78 Å². The number of ketones is 1. The zero-order chi connectivity index (χ0) is 21.8. The molecule has 0 spiro atoms. The average Bonchev–Trinajstić information content (AvgIpc) is 2.92. The molecular formula is C23H28O6. The van der Waals surface area contributed by atoms with E-state index < -0.39 is 35.3 Å². The lowest BCUT2D eigenvalue weighted by molar-refractivity contribution is -0.168. The fraction of sp³-hybridized carbons (Fsp3) is 0.435. The number of ether oxygens (including phenoxy) is 2. The Morgan fingerprint density at radius 1 is 1.21 bits per heavy atom. The predicted octanol–water partition coefficient (Wildman–Crippen LogP) is 3.25. The zero-order valence-electron chi connectivity index (χ0n) is 17.3. The molecule has 1 aliphatic carbocycles. The summed E-state index contributed by atoms with van der Waals surface area (Å²) in [7, 11) is 0. The molecule has 6 nitrogen and oxygen atoms in total. The second kappa shape index (κ2) is 9.18. The van der Waals surface area contributed by atoms with E-state index in [2.05, 4.69) is 6.58 Å². The predicted molar refractivity (Wildman–Crippen MR) is 108 cm³/mol. The van der Waals surface area contributed by atoms with E-state index in [0.717, 1.165) is 0 Å². The summed E-state index contributed by atoms with van der Waals surface area (Å²) in [5, 5.41) is 9.52. The minimum Gasteiger partial charge on any atom is -0.458 e. The molecule has 0 aliphatic heterocycles. The van der Waals surface area contributed by atoms with Crippen molar-refractivity contribution in [2.45, 2.75) is 45.8 Å². The molecule has 0 unspecified atom stereocenters. The normalized spacial score (nSPS) is 26.7. The van der Waals surface area contributed by atoms with E-state index in [-0.39, 0.29) is 24.5 Å². The first-order valence-electron chi connectivity index (χ1n) is 9.56. The molecule has 1 aromatic carbocycles. The largest absolute Gasteiger partial charge is 0.458 e. The number of aliphatic hydroxyl groups excluding tert-OH is 1. The van der Waals surface area contributed by atoms with Crippen molar-refractivity contribution in [3.8, 4) is 0 Å². The number of benzene rings is 1. The lowest BCUT2D eigenvalue weighted by atomic mass is 9.82. The van der Waals surface area contributed by atoms with Crippen molar-refractivity contribution in [3.63, 3.8) is 0 Å². The summed E-state index contributed by atoms with van der Waals surface area (Å²) >= 11 is 0. The topological polar surface area (TPSA) is 89.9 Å². The third kappa shape index (κ3) is 4.82. The molecule has 1 fully saturated rings. The number of aliphatic hydroxyl groups is 1. The summed E-state index contributed by atoms with van der Waals surface area (Å²) < 4.78 is 11.4. The van der Waals surface area contributed by atoms with E-state index in [4.69, 9.17) is 9.47 Å². The van der Waals surface area contributed by atoms with Crippen LogP contribution in [0.15, 0.2) is 54.1 Å². The van der Waals surface area contributed by atoms with Crippen LogP contribution in [0, 0.1) is 11.8 Å². The van der Waals surface area contributed by atoms with Crippen LogP contribution in [0.3, 0.4) is 0 Å². The Morgan fingerprint density at radius 3 is 2.34 bits per heavy atom. The van der Waals surface area contributed by atoms with Crippen LogP contribution >= 0.6 is 0 Å². The van der Waals surface area contributed by atoms with Crippen molar-refractivity contribution in [1.82, 2.24) is 0 Å². The minimum absolute atomic E-state index is 0.185. The van der Waals surface area contributed by atoms with Gasteiger partial charge in [-0.05, 0) is 37.5 Å². The van der Waals surface area contributed by atoms with Crippen molar-refractivity contribution >= 4 is 17.7 Å². The molecule has 29 heavy (non-hydrogen) atoms. The Labute approximate surface area is 171 Å². The van der Waals surface area contributed by atoms with Gasteiger partial charge in [-0.15, -0.1) is 0 Å². The first-order valence-corrected chi connectivity index (χ1v) is 9.56. The first kappa shape index (κ1) is 22.6. The van der Waals surface area contributed by atoms with Crippen LogP contribution in [0.1, 0.15) is 44.5 Å². The van der Waals surface area contributed by atoms with E-state index in [0.29, 0.717) is 11.1 Å². The maximum absolute atomic E-state index is 13.1. The molecule has 1 aliphatic rings. The number of carbonyl (C=O) groups excluding carboxylic acids is 3. The van der Waals surface area contributed by atoms with Gasteiger partial charge >= 0.3 is 11.9 Å². The summed E-state index contributed by atoms with van der Waals surface area (Å²) in [5.74, 6) is -2.56. The summed E-state index contributed by atoms with van der Waals surface area (Å²) in [6.07, 6.45) is 1.13. The van der Waals surface area contributed by atoms with Crippen LogP contribution in [-0.2, 0) is 19.1 Å². The van der Waals surface area contributed by atoms with E-state index in [1.54, 1.807) is 50.3 Å². The van der Waals surface area contributed by atoms with E-state index in [1.807, 2.05) is 6.92 Å². The highest BCUT2D eigenvalue weighted by molar-refractivity contribution is 6.03. The number of hydrogen-bond acceptors (Lipinski definition) is 6. The number of rotatable bonds is 7. The Balaban J connectivity index is 2.52. The molecule has 0 amide bonds. The van der Waals surface area contributed by atoms with E-state index >= 15 is 0 Å². The maximum Gasteiger partial charge on any atom is 0.338 e. The van der Waals surface area contributed by atoms with Gasteiger partial charge in [0.15, 0.2) is 5.60 Å². The van der Waals surface area contributed by atoms with Crippen LogP contribution in [0.2, 0.25) is 0 Å². The summed E-state index contributed by atoms with van der Waals surface area (Å²) in [4.78, 5) is 37.7. The van der Waals surface area contributed by atoms with Gasteiger partial charge in [-0.3, -0.25) is 9.59 Å². The SMILES string of the molecule is C=C(C)C(=O)[C@@]1(OC(C)=O)C[C@H](C)[C@H](OC(=O)c2ccccc2)[C@@H]1/C=C(\C)CO. The second-order valence-corrected chi connectivity index (χ2v) is 7.71. The fourth-order valence-corrected chi connectivity index (χ4v) is 3.91. The van der Waals surface area contributed by atoms with Crippen LogP contribution in [0.4, 0.5) is 0 Å². The molecule has 0 aromatic heterocycles. The van der Waals surface area contributed by atoms with Crippen LogP contribution < -0.4 is 0 Å². The molecule has 0 radical (unpaired) electrons. The maximum atomic E-state index is 13.1. The molecule has 2 rings (SSSR count). The lowest BCUT2D eigenvalue weighted by Gasteiger charge is -2.34. The second-order valence-electron chi connectivity index (χ2n) is 7.71. The molecule has 0 heterocycles. The Hall–Kier alpha value is -2.73. The van der Waals surface area contributed by atoms with Gasteiger partial charge in [-0.1, -0.05) is 43.4 Å². The first-order chi connectivity index (χ1) is 13.6. The molecule has 1 N–H and O–H groups in total. The van der Waals surface area contributed by atoms with Crippen molar-refractivity contribution in [2.24, 2.45) is 11.8 Å². The number of hydrogen-bond donors (Lipinski definition) is 1. The summed E-state index contributed by atoms with van der Waals surface area (Å²) in [6, 6.07) is 8.54. The number of carbonyl (C=O) groups is 3. The molecule has 0 saturated heterocycles. The molecule has 156 valence electrons. The smallest absolute Gasteiger partial charge is 0.338 e. The molecule has 1 aromatic rings. The standard InChI is InChI=1S/C23H28O6/c1-14(2)21(26)23(29-17(5)25)12-16(4)20(19(23)11-15(3)13-24)28-22(27)18-9-7-6-8-10-18/h6-11,16,19-20,24H,1,12-13H2,2-5H3/b15-11+/t16-,19-,20-,23+/m0/s1. The highest BCUT2D eigenvalue weighted by Crippen LogP contribution is 2.47. The van der Waals surface area contributed by atoms with E-state index in [1.165, 1.54) is 6.92 Å². The average molecular weight is 400 g/mol.